The molecule has 7 nitrogen and oxygen atoms in total. The lowest BCUT2D eigenvalue weighted by molar-refractivity contribution is -0.136. The molecule has 2 heterocycles. The minimum Gasteiger partial charge on any atom is -0.497 e. The Morgan fingerprint density at radius 3 is 2.51 bits per heavy atom. The van der Waals surface area contributed by atoms with Crippen molar-refractivity contribution in [2.45, 2.75) is 58.3 Å². The highest BCUT2D eigenvalue weighted by atomic mass is 16.5. The number of fused-ring (bicyclic) bond motifs is 1. The fourth-order valence-corrected chi connectivity index (χ4v) is 5.65. The first-order chi connectivity index (χ1) is 18.8. The van der Waals surface area contributed by atoms with Crippen LogP contribution in [0.2, 0.25) is 0 Å². The molecule has 0 radical (unpaired) electrons. The third-order valence-electron chi connectivity index (χ3n) is 7.90. The van der Waals surface area contributed by atoms with Gasteiger partial charge in [0.25, 0.3) is 0 Å². The Morgan fingerprint density at radius 1 is 1.10 bits per heavy atom. The standard InChI is InChI=1S/C32H33NO6/c1-6-17(2)23-15-20(28-27(32(36)38-5)18(3)33-24-8-7-9-25(34)29(24)28)14-21-16-26(39-31(21)23)30(35)19-10-12-22(37-4)13-11-19/h10-17,28,33H,6-9H2,1-5H3. The van der Waals surface area contributed by atoms with E-state index in [-0.39, 0.29) is 23.2 Å². The lowest BCUT2D eigenvalue weighted by Gasteiger charge is -2.34. The topological polar surface area (TPSA) is 94.8 Å². The molecule has 3 aromatic rings. The van der Waals surface area contributed by atoms with E-state index in [0.29, 0.717) is 40.2 Å². The largest absolute Gasteiger partial charge is 0.497 e. The number of hydrogen-bond acceptors (Lipinski definition) is 7. The first kappa shape index (κ1) is 26.5. The highest BCUT2D eigenvalue weighted by Crippen LogP contribution is 2.45. The number of hydrogen-bond donors (Lipinski definition) is 1. The number of rotatable bonds is 7. The molecular formula is C32H33NO6. The molecule has 39 heavy (non-hydrogen) atoms. The van der Waals surface area contributed by atoms with Crippen LogP contribution in [0.5, 0.6) is 5.75 Å². The van der Waals surface area contributed by atoms with Gasteiger partial charge in [0, 0.05) is 40.3 Å². The lowest BCUT2D eigenvalue weighted by atomic mass is 9.74. The number of carbonyl (C=O) groups is 3. The average molecular weight is 528 g/mol. The molecule has 2 atom stereocenters. The van der Waals surface area contributed by atoms with Crippen molar-refractivity contribution in [3.05, 3.63) is 87.5 Å². The molecular weight excluding hydrogens is 494 g/mol. The van der Waals surface area contributed by atoms with Gasteiger partial charge < -0.3 is 19.2 Å². The van der Waals surface area contributed by atoms with Gasteiger partial charge in [0.05, 0.1) is 19.8 Å². The number of methoxy groups -OCH3 is 2. The van der Waals surface area contributed by atoms with Gasteiger partial charge in [0.1, 0.15) is 11.3 Å². The number of allylic oxidation sites excluding steroid dienone is 3. The van der Waals surface area contributed by atoms with Crippen LogP contribution in [-0.4, -0.2) is 31.8 Å². The van der Waals surface area contributed by atoms with Crippen LogP contribution in [0.4, 0.5) is 0 Å². The average Bonchev–Trinajstić information content (AvgIpc) is 3.39. The second-order valence-corrected chi connectivity index (χ2v) is 10.3. The van der Waals surface area contributed by atoms with Crippen LogP contribution < -0.4 is 10.1 Å². The molecule has 0 amide bonds. The molecule has 0 saturated carbocycles. The monoisotopic (exact) mass is 527 g/mol. The van der Waals surface area contributed by atoms with Crippen molar-refractivity contribution < 1.29 is 28.3 Å². The maximum absolute atomic E-state index is 13.3. The van der Waals surface area contributed by atoms with Crippen molar-refractivity contribution >= 4 is 28.5 Å². The molecule has 1 aliphatic heterocycles. The zero-order chi connectivity index (χ0) is 27.8. The molecule has 1 aliphatic carbocycles. The molecule has 7 heteroatoms. The van der Waals surface area contributed by atoms with Gasteiger partial charge in [-0.3, -0.25) is 9.59 Å². The van der Waals surface area contributed by atoms with Crippen LogP contribution in [0, 0.1) is 0 Å². The van der Waals surface area contributed by atoms with Gasteiger partial charge in [-0.05, 0) is 79.6 Å². The third kappa shape index (κ3) is 4.67. The Kier molecular flexibility index (Phi) is 7.17. The number of benzene rings is 2. The molecule has 0 fully saturated rings. The van der Waals surface area contributed by atoms with Crippen molar-refractivity contribution in [3.8, 4) is 5.75 Å². The van der Waals surface area contributed by atoms with Crippen molar-refractivity contribution in [1.29, 1.82) is 0 Å². The van der Waals surface area contributed by atoms with Crippen molar-refractivity contribution in [2.24, 2.45) is 0 Å². The minimum atomic E-state index is -0.565. The SMILES string of the molecule is CCC(C)c1cc(C2C(C(=O)OC)=C(C)NC3=C2C(=O)CCC3)cc2cc(C(=O)c3ccc(OC)cc3)oc12. The highest BCUT2D eigenvalue weighted by molar-refractivity contribution is 6.09. The van der Waals surface area contributed by atoms with Crippen molar-refractivity contribution in [3.63, 3.8) is 0 Å². The zero-order valence-corrected chi connectivity index (χ0v) is 23.0. The smallest absolute Gasteiger partial charge is 0.336 e. The van der Waals surface area contributed by atoms with E-state index < -0.39 is 11.9 Å². The summed E-state index contributed by atoms with van der Waals surface area (Å²) in [5.41, 5.74) is 5.49. The predicted octanol–water partition coefficient (Wildman–Crippen LogP) is 6.33. The van der Waals surface area contributed by atoms with Gasteiger partial charge in [-0.25, -0.2) is 4.79 Å². The Balaban J connectivity index is 1.69. The molecule has 2 aliphatic rings. The quantitative estimate of drug-likeness (QED) is 0.283. The molecule has 0 bridgehead atoms. The summed E-state index contributed by atoms with van der Waals surface area (Å²) in [4.78, 5) is 39.7. The van der Waals surface area contributed by atoms with Gasteiger partial charge >= 0.3 is 5.97 Å². The first-order valence-electron chi connectivity index (χ1n) is 13.4. The first-order valence-corrected chi connectivity index (χ1v) is 13.4. The molecule has 2 aromatic carbocycles. The van der Waals surface area contributed by atoms with Crippen LogP contribution in [0.25, 0.3) is 11.0 Å². The summed E-state index contributed by atoms with van der Waals surface area (Å²) in [5, 5.41) is 4.07. The van der Waals surface area contributed by atoms with E-state index in [1.165, 1.54) is 7.11 Å². The Labute approximate surface area is 227 Å². The highest BCUT2D eigenvalue weighted by Gasteiger charge is 2.39. The zero-order valence-electron chi connectivity index (χ0n) is 23.0. The summed E-state index contributed by atoms with van der Waals surface area (Å²) >= 11 is 0. The Hall–Kier alpha value is -4.13. The molecule has 5 rings (SSSR count). The summed E-state index contributed by atoms with van der Waals surface area (Å²) in [6, 6.07) is 12.6. The lowest BCUT2D eigenvalue weighted by Crippen LogP contribution is -2.34. The van der Waals surface area contributed by atoms with Gasteiger partial charge in [0.2, 0.25) is 5.78 Å². The number of Topliss-reactive ketones (excluding diaryl/α,β-unsaturated/α-hetero) is 1. The van der Waals surface area contributed by atoms with Crippen molar-refractivity contribution in [2.75, 3.05) is 14.2 Å². The second-order valence-electron chi connectivity index (χ2n) is 10.3. The maximum Gasteiger partial charge on any atom is 0.336 e. The maximum atomic E-state index is 13.3. The molecule has 1 aromatic heterocycles. The van der Waals surface area contributed by atoms with E-state index in [4.69, 9.17) is 13.9 Å². The summed E-state index contributed by atoms with van der Waals surface area (Å²) in [5.74, 6) is -0.215. The van der Waals surface area contributed by atoms with E-state index >= 15 is 0 Å². The molecule has 2 unspecified atom stereocenters. The van der Waals surface area contributed by atoms with Crippen LogP contribution in [0.15, 0.2) is 69.4 Å². The van der Waals surface area contributed by atoms with Crippen molar-refractivity contribution in [1.82, 2.24) is 5.32 Å². The number of furan rings is 1. The number of dihydropyridines is 1. The summed E-state index contributed by atoms with van der Waals surface area (Å²) in [6.07, 6.45) is 2.81. The number of nitrogens with one attached hydrogen (secondary N) is 1. The second kappa shape index (κ2) is 10.6. The molecule has 1 N–H and O–H groups in total. The number of ketones is 2. The summed E-state index contributed by atoms with van der Waals surface area (Å²) < 4.78 is 16.6. The summed E-state index contributed by atoms with van der Waals surface area (Å²) in [6.45, 7) is 6.04. The van der Waals surface area contributed by atoms with E-state index in [0.717, 1.165) is 41.5 Å². The van der Waals surface area contributed by atoms with Gasteiger partial charge in [0.15, 0.2) is 11.5 Å². The van der Waals surface area contributed by atoms with Gasteiger partial charge in [-0.2, -0.15) is 0 Å². The fourth-order valence-electron chi connectivity index (χ4n) is 5.65. The normalized spacial score (nSPS) is 18.1. The van der Waals surface area contributed by atoms with Crippen LogP contribution in [0.3, 0.4) is 0 Å². The number of esters is 1. The van der Waals surface area contributed by atoms with Gasteiger partial charge in [-0.15, -0.1) is 0 Å². The number of carbonyl (C=O) groups excluding carboxylic acids is 3. The molecule has 202 valence electrons. The van der Waals surface area contributed by atoms with Gasteiger partial charge in [-0.1, -0.05) is 19.9 Å². The third-order valence-corrected chi connectivity index (χ3v) is 7.90. The Morgan fingerprint density at radius 2 is 1.85 bits per heavy atom. The predicted molar refractivity (Wildman–Crippen MR) is 148 cm³/mol. The molecule has 0 saturated heterocycles. The summed E-state index contributed by atoms with van der Waals surface area (Å²) in [7, 11) is 2.93. The molecule has 0 spiro atoms. The number of ether oxygens (including phenoxy) is 2. The van der Waals surface area contributed by atoms with E-state index in [1.807, 2.05) is 19.1 Å². The van der Waals surface area contributed by atoms with E-state index in [1.54, 1.807) is 37.4 Å². The minimum absolute atomic E-state index is 0.0374. The van der Waals surface area contributed by atoms with E-state index in [9.17, 15) is 14.4 Å². The van der Waals surface area contributed by atoms with Crippen LogP contribution in [-0.2, 0) is 14.3 Å². The Bertz CT molecular complexity index is 1540. The van der Waals surface area contributed by atoms with Crippen LogP contribution >= 0.6 is 0 Å². The fraction of sp³-hybridized carbons (Fsp3) is 0.344. The van der Waals surface area contributed by atoms with E-state index in [2.05, 4.69) is 19.2 Å². The van der Waals surface area contributed by atoms with Crippen LogP contribution in [0.1, 0.15) is 85.5 Å².